The van der Waals surface area contributed by atoms with Gasteiger partial charge in [0, 0.05) is 11.4 Å². The molecule has 0 fully saturated rings. The lowest BCUT2D eigenvalue weighted by Crippen LogP contribution is -2.17. The molecule has 1 heterocycles. The molecule has 2 aromatic rings. The Labute approximate surface area is 111 Å². The summed E-state index contributed by atoms with van der Waals surface area (Å²) in [4.78, 5) is 1.05. The van der Waals surface area contributed by atoms with Crippen LogP contribution >= 0.6 is 27.3 Å². The number of hydrogen-bond acceptors (Lipinski definition) is 3. The van der Waals surface area contributed by atoms with Gasteiger partial charge >= 0.3 is 0 Å². The van der Waals surface area contributed by atoms with Crippen LogP contribution in [0.5, 0.6) is 5.75 Å². The minimum Gasteiger partial charge on any atom is -0.484 e. The molecule has 0 saturated carbocycles. The summed E-state index contributed by atoms with van der Waals surface area (Å²) in [5.41, 5.74) is 5.68. The quantitative estimate of drug-likeness (QED) is 0.933. The van der Waals surface area contributed by atoms with E-state index in [0.717, 1.165) is 8.66 Å². The number of thiophene rings is 1. The maximum Gasteiger partial charge on any atom is 0.145 e. The second-order valence-corrected chi connectivity index (χ2v) is 5.93. The summed E-state index contributed by atoms with van der Waals surface area (Å²) in [7, 11) is 0. The summed E-state index contributed by atoms with van der Waals surface area (Å²) in [5.74, 6) is 0.340. The first kappa shape index (κ1) is 12.5. The Morgan fingerprint density at radius 1 is 1.24 bits per heavy atom. The zero-order valence-electron chi connectivity index (χ0n) is 8.90. The van der Waals surface area contributed by atoms with Gasteiger partial charge < -0.3 is 10.5 Å². The molecule has 0 aliphatic rings. The molecule has 2 N–H and O–H groups in total. The summed E-state index contributed by atoms with van der Waals surface area (Å²) >= 11 is 4.98. The Bertz CT molecular complexity index is 486. The van der Waals surface area contributed by atoms with E-state index in [1.54, 1.807) is 23.5 Å². The summed E-state index contributed by atoms with van der Waals surface area (Å²) in [6.45, 7) is 0.379. The molecule has 0 aliphatic carbocycles. The van der Waals surface area contributed by atoms with Crippen molar-refractivity contribution >= 4 is 27.3 Å². The van der Waals surface area contributed by atoms with Crippen LogP contribution < -0.4 is 10.5 Å². The number of benzene rings is 1. The van der Waals surface area contributed by atoms with Crippen molar-refractivity contribution in [1.29, 1.82) is 0 Å². The molecule has 17 heavy (non-hydrogen) atoms. The summed E-state index contributed by atoms with van der Waals surface area (Å²) in [6.07, 6.45) is -0.197. The van der Waals surface area contributed by atoms with Crippen molar-refractivity contribution in [2.45, 2.75) is 6.10 Å². The van der Waals surface area contributed by atoms with Crippen molar-refractivity contribution in [2.24, 2.45) is 5.73 Å². The van der Waals surface area contributed by atoms with E-state index in [2.05, 4.69) is 15.9 Å². The lowest BCUT2D eigenvalue weighted by atomic mass is 10.3. The molecule has 1 aromatic carbocycles. The fourth-order valence-corrected chi connectivity index (χ4v) is 2.87. The van der Waals surface area contributed by atoms with Crippen molar-refractivity contribution < 1.29 is 9.13 Å². The van der Waals surface area contributed by atoms with E-state index in [1.165, 1.54) is 12.1 Å². The first-order valence-corrected chi connectivity index (χ1v) is 6.67. The standard InChI is InChI=1S/C12H11BrFNOS/c13-12-6-5-11(17-12)10(7-15)16-9-3-1-8(14)2-4-9/h1-6,10H,7,15H2. The molecule has 1 atom stereocenters. The second kappa shape index (κ2) is 5.62. The molecule has 0 aliphatic heterocycles. The Morgan fingerprint density at radius 3 is 2.47 bits per heavy atom. The van der Waals surface area contributed by atoms with E-state index in [1.807, 2.05) is 12.1 Å². The topological polar surface area (TPSA) is 35.2 Å². The van der Waals surface area contributed by atoms with Gasteiger partial charge in [0.25, 0.3) is 0 Å². The minimum atomic E-state index is -0.277. The molecule has 90 valence electrons. The fraction of sp³-hybridized carbons (Fsp3) is 0.167. The van der Waals surface area contributed by atoms with Crippen LogP contribution in [-0.4, -0.2) is 6.54 Å². The predicted octanol–water partition coefficient (Wildman–Crippen LogP) is 3.73. The highest BCUT2D eigenvalue weighted by molar-refractivity contribution is 9.11. The monoisotopic (exact) mass is 315 g/mol. The van der Waals surface area contributed by atoms with Gasteiger partial charge in [-0.3, -0.25) is 0 Å². The van der Waals surface area contributed by atoms with Crippen molar-refractivity contribution in [3.63, 3.8) is 0 Å². The molecule has 0 radical (unpaired) electrons. The van der Waals surface area contributed by atoms with Gasteiger partial charge in [-0.25, -0.2) is 4.39 Å². The van der Waals surface area contributed by atoms with Crippen LogP contribution in [0.3, 0.4) is 0 Å². The van der Waals surface area contributed by atoms with Crippen LogP contribution in [-0.2, 0) is 0 Å². The molecular formula is C12H11BrFNOS. The number of nitrogens with two attached hydrogens (primary N) is 1. The molecule has 0 spiro atoms. The third-order valence-corrected chi connectivity index (χ3v) is 3.93. The van der Waals surface area contributed by atoms with E-state index in [0.29, 0.717) is 12.3 Å². The van der Waals surface area contributed by atoms with Gasteiger partial charge in [0.1, 0.15) is 17.7 Å². The second-order valence-electron chi connectivity index (χ2n) is 3.44. The SMILES string of the molecule is NCC(Oc1ccc(F)cc1)c1ccc(Br)s1. The molecule has 0 bridgehead atoms. The molecule has 0 amide bonds. The van der Waals surface area contributed by atoms with Crippen molar-refractivity contribution in [2.75, 3.05) is 6.54 Å². The van der Waals surface area contributed by atoms with Gasteiger partial charge in [0.05, 0.1) is 3.79 Å². The highest BCUT2D eigenvalue weighted by Crippen LogP contribution is 2.30. The van der Waals surface area contributed by atoms with Gasteiger partial charge in [-0.1, -0.05) is 0 Å². The third kappa shape index (κ3) is 3.28. The van der Waals surface area contributed by atoms with Crippen LogP contribution in [0.15, 0.2) is 40.2 Å². The van der Waals surface area contributed by atoms with E-state index in [9.17, 15) is 4.39 Å². The average molecular weight is 316 g/mol. The van der Waals surface area contributed by atoms with Gasteiger partial charge in [-0.05, 0) is 52.3 Å². The summed E-state index contributed by atoms with van der Waals surface area (Å²) in [5, 5.41) is 0. The molecular weight excluding hydrogens is 305 g/mol. The fourth-order valence-electron chi connectivity index (χ4n) is 1.40. The normalized spacial score (nSPS) is 12.4. The van der Waals surface area contributed by atoms with Crippen molar-refractivity contribution in [1.82, 2.24) is 0 Å². The predicted molar refractivity (Wildman–Crippen MR) is 70.8 cm³/mol. The van der Waals surface area contributed by atoms with Gasteiger partial charge in [0.15, 0.2) is 0 Å². The molecule has 0 saturated heterocycles. The zero-order chi connectivity index (χ0) is 12.3. The molecule has 2 nitrogen and oxygen atoms in total. The van der Waals surface area contributed by atoms with Crippen LogP contribution in [0.25, 0.3) is 0 Å². The van der Waals surface area contributed by atoms with E-state index in [4.69, 9.17) is 10.5 Å². The van der Waals surface area contributed by atoms with Crippen molar-refractivity contribution in [3.8, 4) is 5.75 Å². The lowest BCUT2D eigenvalue weighted by molar-refractivity contribution is 0.218. The maximum atomic E-state index is 12.7. The third-order valence-electron chi connectivity index (χ3n) is 2.22. The largest absolute Gasteiger partial charge is 0.484 e. The average Bonchev–Trinajstić information content (AvgIpc) is 2.75. The Kier molecular flexibility index (Phi) is 4.15. The van der Waals surface area contributed by atoms with E-state index in [-0.39, 0.29) is 11.9 Å². The van der Waals surface area contributed by atoms with Crippen molar-refractivity contribution in [3.05, 3.63) is 50.9 Å². The van der Waals surface area contributed by atoms with E-state index >= 15 is 0 Å². The molecule has 5 heteroatoms. The van der Waals surface area contributed by atoms with Gasteiger partial charge in [0.2, 0.25) is 0 Å². The minimum absolute atomic E-state index is 0.197. The number of rotatable bonds is 4. The highest BCUT2D eigenvalue weighted by atomic mass is 79.9. The molecule has 1 aromatic heterocycles. The highest BCUT2D eigenvalue weighted by Gasteiger charge is 2.13. The van der Waals surface area contributed by atoms with Crippen LogP contribution in [0.2, 0.25) is 0 Å². The number of halogens is 2. The Hall–Kier alpha value is -0.910. The molecule has 1 unspecified atom stereocenters. The number of ether oxygens (including phenoxy) is 1. The maximum absolute atomic E-state index is 12.7. The zero-order valence-corrected chi connectivity index (χ0v) is 11.3. The Balaban J connectivity index is 2.12. The Morgan fingerprint density at radius 2 is 1.94 bits per heavy atom. The van der Waals surface area contributed by atoms with Crippen LogP contribution in [0.1, 0.15) is 11.0 Å². The van der Waals surface area contributed by atoms with Gasteiger partial charge in [-0.2, -0.15) is 0 Å². The summed E-state index contributed by atoms with van der Waals surface area (Å²) in [6, 6.07) is 9.86. The smallest absolute Gasteiger partial charge is 0.145 e. The first-order valence-electron chi connectivity index (χ1n) is 5.06. The van der Waals surface area contributed by atoms with Gasteiger partial charge in [-0.15, -0.1) is 11.3 Å². The van der Waals surface area contributed by atoms with Crippen LogP contribution in [0.4, 0.5) is 4.39 Å². The number of hydrogen-bond donors (Lipinski definition) is 1. The van der Waals surface area contributed by atoms with E-state index < -0.39 is 0 Å². The van der Waals surface area contributed by atoms with Crippen LogP contribution in [0, 0.1) is 5.82 Å². The molecule has 2 rings (SSSR count). The summed E-state index contributed by atoms with van der Waals surface area (Å²) < 4.78 is 19.5. The lowest BCUT2D eigenvalue weighted by Gasteiger charge is -2.15. The first-order chi connectivity index (χ1) is 8.19.